The molecule has 0 saturated carbocycles. The zero-order valence-corrected chi connectivity index (χ0v) is 16.3. The number of amides is 1. The topological polar surface area (TPSA) is 38.3 Å². The van der Waals surface area contributed by atoms with Crippen LogP contribution >= 0.6 is 11.6 Å². The lowest BCUT2D eigenvalue weighted by Crippen LogP contribution is -2.30. The lowest BCUT2D eigenvalue weighted by atomic mass is 9.87. The van der Waals surface area contributed by atoms with Crippen LogP contribution in [-0.2, 0) is 13.0 Å². The molecule has 1 aliphatic carbocycles. The van der Waals surface area contributed by atoms with Crippen LogP contribution in [0.3, 0.4) is 0 Å². The number of nitrogens with one attached hydrogen (secondary N) is 1. The van der Waals surface area contributed by atoms with Gasteiger partial charge in [0.2, 0.25) is 0 Å². The zero-order chi connectivity index (χ0) is 19.3. The van der Waals surface area contributed by atoms with Crippen LogP contribution in [0.1, 0.15) is 45.9 Å². The van der Waals surface area contributed by atoms with E-state index in [2.05, 4.69) is 23.5 Å². The third-order valence-electron chi connectivity index (χ3n) is 5.12. The van der Waals surface area contributed by atoms with Crippen LogP contribution in [0.25, 0.3) is 0 Å². The second-order valence-electron chi connectivity index (χ2n) is 7.03. The third-order valence-corrected chi connectivity index (χ3v) is 5.49. The molecule has 3 nitrogen and oxygen atoms in total. The van der Waals surface area contributed by atoms with Crippen LogP contribution < -0.4 is 10.1 Å². The second-order valence-corrected chi connectivity index (χ2v) is 7.43. The minimum Gasteiger partial charge on any atom is -0.489 e. The summed E-state index contributed by atoms with van der Waals surface area (Å²) in [6, 6.07) is 23.3. The third kappa shape index (κ3) is 4.20. The number of hydrogen-bond donors (Lipinski definition) is 1. The van der Waals surface area contributed by atoms with E-state index < -0.39 is 0 Å². The van der Waals surface area contributed by atoms with E-state index in [1.165, 1.54) is 11.1 Å². The summed E-state index contributed by atoms with van der Waals surface area (Å²) in [5.41, 5.74) is 4.07. The number of benzene rings is 3. The first-order valence-corrected chi connectivity index (χ1v) is 9.93. The quantitative estimate of drug-likeness (QED) is 0.603. The molecule has 1 atom stereocenters. The van der Waals surface area contributed by atoms with Gasteiger partial charge in [-0.25, -0.2) is 0 Å². The highest BCUT2D eigenvalue weighted by Crippen LogP contribution is 2.30. The van der Waals surface area contributed by atoms with E-state index in [0.717, 1.165) is 24.8 Å². The lowest BCUT2D eigenvalue weighted by molar-refractivity contribution is 0.0932. The van der Waals surface area contributed by atoms with Crippen LogP contribution in [0.4, 0.5) is 0 Å². The van der Waals surface area contributed by atoms with Gasteiger partial charge in [0.15, 0.2) is 0 Å². The van der Waals surface area contributed by atoms with E-state index in [4.69, 9.17) is 16.3 Å². The average Bonchev–Trinajstić information content (AvgIpc) is 2.74. The first-order valence-electron chi connectivity index (χ1n) is 9.55. The number of aryl methyl sites for hydroxylation is 1. The van der Waals surface area contributed by atoms with Gasteiger partial charge in [0.25, 0.3) is 5.91 Å². The molecule has 4 rings (SSSR count). The summed E-state index contributed by atoms with van der Waals surface area (Å²) in [7, 11) is 0. The predicted molar refractivity (Wildman–Crippen MR) is 112 cm³/mol. The molecule has 1 amide bonds. The number of carbonyl (C=O) groups is 1. The Morgan fingerprint density at radius 2 is 1.86 bits per heavy atom. The Kier molecular flexibility index (Phi) is 5.63. The van der Waals surface area contributed by atoms with Crippen LogP contribution in [0.2, 0.25) is 5.02 Å². The van der Waals surface area contributed by atoms with Crippen molar-refractivity contribution in [1.29, 1.82) is 0 Å². The Hall–Kier alpha value is -2.78. The van der Waals surface area contributed by atoms with Crippen molar-refractivity contribution in [3.8, 4) is 5.75 Å². The van der Waals surface area contributed by atoms with Gasteiger partial charge >= 0.3 is 0 Å². The fraction of sp³-hybridized carbons (Fsp3) is 0.208. The minimum atomic E-state index is -0.0788. The zero-order valence-electron chi connectivity index (χ0n) is 15.5. The van der Waals surface area contributed by atoms with Gasteiger partial charge in [0, 0.05) is 16.1 Å². The Balaban J connectivity index is 1.44. The molecule has 142 valence electrons. The number of halogens is 1. The molecular formula is C24H22ClNO2. The predicted octanol–water partition coefficient (Wildman–Crippen LogP) is 5.73. The molecular weight excluding hydrogens is 370 g/mol. The van der Waals surface area contributed by atoms with E-state index in [-0.39, 0.29) is 11.9 Å². The number of hydrogen-bond acceptors (Lipinski definition) is 2. The van der Waals surface area contributed by atoms with Crippen molar-refractivity contribution in [2.75, 3.05) is 0 Å². The highest BCUT2D eigenvalue weighted by Gasteiger charge is 2.22. The van der Waals surface area contributed by atoms with E-state index in [1.807, 2.05) is 48.5 Å². The Bertz CT molecular complexity index is 986. The molecule has 0 fully saturated rings. The molecule has 0 aromatic heterocycles. The van der Waals surface area contributed by atoms with Crippen molar-refractivity contribution in [2.45, 2.75) is 31.9 Å². The summed E-state index contributed by atoms with van der Waals surface area (Å²) >= 11 is 6.18. The van der Waals surface area contributed by atoms with Gasteiger partial charge < -0.3 is 10.1 Å². The monoisotopic (exact) mass is 391 g/mol. The van der Waals surface area contributed by atoms with Crippen LogP contribution in [0, 0.1) is 0 Å². The van der Waals surface area contributed by atoms with E-state index >= 15 is 0 Å². The summed E-state index contributed by atoms with van der Waals surface area (Å²) < 4.78 is 5.85. The highest BCUT2D eigenvalue weighted by molar-refractivity contribution is 6.31. The fourth-order valence-electron chi connectivity index (χ4n) is 3.65. The SMILES string of the molecule is O=C(N[C@@H]1CCCc2ccccc21)c1cccc(OCc2ccccc2Cl)c1. The number of rotatable bonds is 5. The summed E-state index contributed by atoms with van der Waals surface area (Å²) in [6.07, 6.45) is 3.13. The van der Waals surface area contributed by atoms with Crippen molar-refractivity contribution in [1.82, 2.24) is 5.32 Å². The Morgan fingerprint density at radius 3 is 2.75 bits per heavy atom. The highest BCUT2D eigenvalue weighted by atomic mass is 35.5. The van der Waals surface area contributed by atoms with E-state index in [0.29, 0.717) is 22.9 Å². The molecule has 0 unspecified atom stereocenters. The minimum absolute atomic E-state index is 0.0603. The molecule has 0 aliphatic heterocycles. The maximum Gasteiger partial charge on any atom is 0.251 e. The second kappa shape index (κ2) is 8.49. The van der Waals surface area contributed by atoms with Gasteiger partial charge in [-0.15, -0.1) is 0 Å². The lowest BCUT2D eigenvalue weighted by Gasteiger charge is -2.26. The van der Waals surface area contributed by atoms with Crippen LogP contribution in [-0.4, -0.2) is 5.91 Å². The molecule has 0 saturated heterocycles. The summed E-state index contributed by atoms with van der Waals surface area (Å²) in [5.74, 6) is 0.571. The first-order chi connectivity index (χ1) is 13.7. The number of carbonyl (C=O) groups excluding carboxylic acids is 1. The summed E-state index contributed by atoms with van der Waals surface area (Å²) in [5, 5.41) is 3.86. The van der Waals surface area contributed by atoms with E-state index in [9.17, 15) is 4.79 Å². The molecule has 3 aromatic carbocycles. The normalized spacial score (nSPS) is 15.5. The van der Waals surface area contributed by atoms with Crippen molar-refractivity contribution in [2.24, 2.45) is 0 Å². The molecule has 3 aromatic rings. The van der Waals surface area contributed by atoms with Crippen LogP contribution in [0.15, 0.2) is 72.8 Å². The van der Waals surface area contributed by atoms with Crippen molar-refractivity contribution >= 4 is 17.5 Å². The molecule has 0 radical (unpaired) electrons. The maximum absolute atomic E-state index is 12.8. The van der Waals surface area contributed by atoms with Crippen molar-refractivity contribution in [3.05, 3.63) is 100 Å². The molecule has 0 bridgehead atoms. The molecule has 4 heteroatoms. The number of fused-ring (bicyclic) bond motifs is 1. The largest absolute Gasteiger partial charge is 0.489 e. The van der Waals surface area contributed by atoms with Gasteiger partial charge in [0.05, 0.1) is 6.04 Å². The molecule has 0 heterocycles. The van der Waals surface area contributed by atoms with Crippen molar-refractivity contribution < 1.29 is 9.53 Å². The Morgan fingerprint density at radius 1 is 1.04 bits per heavy atom. The maximum atomic E-state index is 12.8. The Labute approximate surface area is 170 Å². The van der Waals surface area contributed by atoms with Gasteiger partial charge in [-0.2, -0.15) is 0 Å². The van der Waals surface area contributed by atoms with Crippen molar-refractivity contribution in [3.63, 3.8) is 0 Å². The fourth-order valence-corrected chi connectivity index (χ4v) is 3.84. The number of ether oxygens (including phenoxy) is 1. The molecule has 1 aliphatic rings. The molecule has 0 spiro atoms. The van der Waals surface area contributed by atoms with E-state index in [1.54, 1.807) is 6.07 Å². The van der Waals surface area contributed by atoms with Gasteiger partial charge in [-0.05, 0) is 54.7 Å². The van der Waals surface area contributed by atoms with Crippen LogP contribution in [0.5, 0.6) is 5.75 Å². The average molecular weight is 392 g/mol. The smallest absolute Gasteiger partial charge is 0.251 e. The van der Waals surface area contributed by atoms with Gasteiger partial charge in [-0.1, -0.05) is 60.1 Å². The first kappa shape index (κ1) is 18.6. The standard InChI is InChI=1S/C24H22ClNO2/c25-22-13-4-2-8-19(22)16-28-20-11-5-10-18(15-20)24(27)26-23-14-6-9-17-7-1-3-12-21(17)23/h1-5,7-8,10-13,15,23H,6,9,14,16H2,(H,26,27)/t23-/m1/s1. The summed E-state index contributed by atoms with van der Waals surface area (Å²) in [4.78, 5) is 12.8. The summed E-state index contributed by atoms with van der Waals surface area (Å²) in [6.45, 7) is 0.362. The molecule has 28 heavy (non-hydrogen) atoms. The van der Waals surface area contributed by atoms with Gasteiger partial charge in [-0.3, -0.25) is 4.79 Å². The molecule has 1 N–H and O–H groups in total. The van der Waals surface area contributed by atoms with Gasteiger partial charge in [0.1, 0.15) is 12.4 Å².